The van der Waals surface area contributed by atoms with Gasteiger partial charge in [0.1, 0.15) is 0 Å². The molecule has 0 atom stereocenters. The molecule has 0 aromatic heterocycles. The van der Waals surface area contributed by atoms with Gasteiger partial charge in [0, 0.05) is 11.5 Å². The Hall–Kier alpha value is -1.11. The van der Waals surface area contributed by atoms with Crippen LogP contribution in [0.15, 0.2) is 6.07 Å². The predicted octanol–water partition coefficient (Wildman–Crippen LogP) is 4.29. The summed E-state index contributed by atoms with van der Waals surface area (Å²) in [7, 11) is 0. The highest BCUT2D eigenvalue weighted by atomic mass is 16.1. The van der Waals surface area contributed by atoms with Crippen LogP contribution in [0.2, 0.25) is 0 Å². The molecular formula is C16H22O. The average molecular weight is 230 g/mol. The van der Waals surface area contributed by atoms with E-state index in [9.17, 15) is 4.79 Å². The summed E-state index contributed by atoms with van der Waals surface area (Å²) >= 11 is 0. The highest BCUT2D eigenvalue weighted by Crippen LogP contribution is 2.31. The van der Waals surface area contributed by atoms with Crippen molar-refractivity contribution < 1.29 is 4.79 Å². The van der Waals surface area contributed by atoms with Crippen LogP contribution in [0.5, 0.6) is 0 Å². The van der Waals surface area contributed by atoms with E-state index < -0.39 is 0 Å². The van der Waals surface area contributed by atoms with Crippen LogP contribution in [0, 0.1) is 33.6 Å². The topological polar surface area (TPSA) is 17.1 Å². The van der Waals surface area contributed by atoms with E-state index in [2.05, 4.69) is 33.8 Å². The molecule has 0 spiro atoms. The third kappa shape index (κ3) is 2.15. The molecule has 0 bridgehead atoms. The fraction of sp³-hybridized carbons (Fsp3) is 0.562. The van der Waals surface area contributed by atoms with E-state index in [-0.39, 0.29) is 5.92 Å². The molecule has 1 heteroatoms. The van der Waals surface area contributed by atoms with Gasteiger partial charge in [-0.3, -0.25) is 4.79 Å². The van der Waals surface area contributed by atoms with Gasteiger partial charge in [-0.25, -0.2) is 0 Å². The standard InChI is InChI=1S/C16H22O/c1-10-9-11(2)13(4)15(12(10)3)16(17)14-7-5-6-8-14/h9,14H,5-8H2,1-4H3. The first-order valence-corrected chi connectivity index (χ1v) is 6.64. The molecule has 2 rings (SSSR count). The molecule has 1 fully saturated rings. The van der Waals surface area contributed by atoms with Crippen LogP contribution in [0.1, 0.15) is 58.3 Å². The lowest BCUT2D eigenvalue weighted by atomic mass is 9.86. The minimum atomic E-state index is 0.286. The van der Waals surface area contributed by atoms with Crippen molar-refractivity contribution in [1.29, 1.82) is 0 Å². The Morgan fingerprint density at radius 3 is 1.94 bits per heavy atom. The van der Waals surface area contributed by atoms with Crippen LogP contribution in [0.25, 0.3) is 0 Å². The van der Waals surface area contributed by atoms with Crippen LogP contribution in [-0.2, 0) is 0 Å². The molecule has 0 unspecified atom stereocenters. The number of hydrogen-bond acceptors (Lipinski definition) is 1. The maximum Gasteiger partial charge on any atom is 0.166 e. The molecule has 1 aromatic rings. The van der Waals surface area contributed by atoms with Gasteiger partial charge in [-0.2, -0.15) is 0 Å². The molecule has 0 heterocycles. The SMILES string of the molecule is Cc1cc(C)c(C)c(C(=O)C2CCCC2)c1C. The summed E-state index contributed by atoms with van der Waals surface area (Å²) in [6.07, 6.45) is 4.62. The molecule has 0 saturated heterocycles. The summed E-state index contributed by atoms with van der Waals surface area (Å²) in [6.45, 7) is 8.38. The van der Waals surface area contributed by atoms with Gasteiger partial charge >= 0.3 is 0 Å². The van der Waals surface area contributed by atoms with Crippen LogP contribution in [-0.4, -0.2) is 5.78 Å². The molecule has 0 N–H and O–H groups in total. The van der Waals surface area contributed by atoms with Crippen LogP contribution < -0.4 is 0 Å². The number of hydrogen-bond donors (Lipinski definition) is 0. The van der Waals surface area contributed by atoms with Crippen molar-refractivity contribution in [2.45, 2.75) is 53.4 Å². The summed E-state index contributed by atoms with van der Waals surface area (Å²) in [6, 6.07) is 2.19. The first kappa shape index (κ1) is 12.3. The molecule has 92 valence electrons. The highest BCUT2D eigenvalue weighted by molar-refractivity contribution is 6.01. The molecule has 1 aliphatic rings. The van der Waals surface area contributed by atoms with E-state index in [1.165, 1.54) is 35.1 Å². The number of benzene rings is 1. The molecule has 1 aromatic carbocycles. The third-order valence-corrected chi connectivity index (χ3v) is 4.34. The second-order valence-corrected chi connectivity index (χ2v) is 5.48. The van der Waals surface area contributed by atoms with Gasteiger partial charge in [-0.1, -0.05) is 18.9 Å². The zero-order valence-electron chi connectivity index (χ0n) is 11.4. The number of carbonyl (C=O) groups excluding carboxylic acids is 1. The maximum atomic E-state index is 12.6. The molecule has 1 nitrogen and oxygen atoms in total. The van der Waals surface area contributed by atoms with Gasteiger partial charge in [0.25, 0.3) is 0 Å². The molecule has 0 radical (unpaired) electrons. The minimum Gasteiger partial charge on any atom is -0.294 e. The summed E-state index contributed by atoms with van der Waals surface area (Å²) in [5.74, 6) is 0.679. The first-order chi connectivity index (χ1) is 8.02. The van der Waals surface area contributed by atoms with Gasteiger partial charge < -0.3 is 0 Å². The Labute approximate surface area is 104 Å². The highest BCUT2D eigenvalue weighted by Gasteiger charge is 2.26. The van der Waals surface area contributed by atoms with Gasteiger partial charge in [0.2, 0.25) is 0 Å². The van der Waals surface area contributed by atoms with Crippen molar-refractivity contribution >= 4 is 5.78 Å². The van der Waals surface area contributed by atoms with E-state index in [0.29, 0.717) is 5.78 Å². The molecule has 1 aliphatic carbocycles. The Balaban J connectivity index is 2.46. The van der Waals surface area contributed by atoms with Crippen molar-refractivity contribution in [3.63, 3.8) is 0 Å². The fourth-order valence-corrected chi connectivity index (χ4v) is 2.98. The fourth-order valence-electron chi connectivity index (χ4n) is 2.98. The predicted molar refractivity (Wildman–Crippen MR) is 71.7 cm³/mol. The number of rotatable bonds is 2. The molecule has 1 saturated carbocycles. The maximum absolute atomic E-state index is 12.6. The Morgan fingerprint density at radius 1 is 1.00 bits per heavy atom. The molecule has 0 aliphatic heterocycles. The quantitative estimate of drug-likeness (QED) is 0.692. The molecular weight excluding hydrogens is 208 g/mol. The number of aryl methyl sites for hydroxylation is 2. The largest absolute Gasteiger partial charge is 0.294 e. The number of carbonyl (C=O) groups is 1. The van der Waals surface area contributed by atoms with E-state index >= 15 is 0 Å². The van der Waals surface area contributed by atoms with E-state index in [1.807, 2.05) is 0 Å². The third-order valence-electron chi connectivity index (χ3n) is 4.34. The summed E-state index contributed by atoms with van der Waals surface area (Å²) in [4.78, 5) is 12.6. The lowest BCUT2D eigenvalue weighted by Crippen LogP contribution is -2.15. The van der Waals surface area contributed by atoms with Crippen LogP contribution >= 0.6 is 0 Å². The lowest BCUT2D eigenvalue weighted by Gasteiger charge is -2.17. The van der Waals surface area contributed by atoms with Crippen molar-refractivity contribution in [2.24, 2.45) is 5.92 Å². The van der Waals surface area contributed by atoms with Crippen molar-refractivity contribution in [3.8, 4) is 0 Å². The summed E-state index contributed by atoms with van der Waals surface area (Å²) < 4.78 is 0. The Kier molecular flexibility index (Phi) is 3.37. The monoisotopic (exact) mass is 230 g/mol. The van der Waals surface area contributed by atoms with Gasteiger partial charge in [0.05, 0.1) is 0 Å². The van der Waals surface area contributed by atoms with Crippen molar-refractivity contribution in [3.05, 3.63) is 33.9 Å². The van der Waals surface area contributed by atoms with Gasteiger partial charge in [-0.05, 0) is 62.8 Å². The smallest absolute Gasteiger partial charge is 0.166 e. The van der Waals surface area contributed by atoms with Crippen molar-refractivity contribution in [2.75, 3.05) is 0 Å². The van der Waals surface area contributed by atoms with Crippen LogP contribution in [0.4, 0.5) is 0 Å². The van der Waals surface area contributed by atoms with E-state index in [0.717, 1.165) is 18.4 Å². The zero-order valence-corrected chi connectivity index (χ0v) is 11.4. The summed E-state index contributed by atoms with van der Waals surface area (Å²) in [5.41, 5.74) is 5.87. The van der Waals surface area contributed by atoms with E-state index in [4.69, 9.17) is 0 Å². The first-order valence-electron chi connectivity index (χ1n) is 6.64. The van der Waals surface area contributed by atoms with Crippen molar-refractivity contribution in [1.82, 2.24) is 0 Å². The second-order valence-electron chi connectivity index (χ2n) is 5.48. The second kappa shape index (κ2) is 4.64. The Bertz CT molecular complexity index is 425. The summed E-state index contributed by atoms with van der Waals surface area (Å²) in [5, 5.41) is 0. The Morgan fingerprint density at radius 2 is 1.47 bits per heavy atom. The molecule has 17 heavy (non-hydrogen) atoms. The zero-order chi connectivity index (χ0) is 12.6. The average Bonchev–Trinajstić information content (AvgIpc) is 2.80. The number of Topliss-reactive ketones (excluding diaryl/α,β-unsaturated/α-hetero) is 1. The van der Waals surface area contributed by atoms with E-state index in [1.54, 1.807) is 0 Å². The normalized spacial score (nSPS) is 16.5. The van der Waals surface area contributed by atoms with Gasteiger partial charge in [-0.15, -0.1) is 0 Å². The van der Waals surface area contributed by atoms with Crippen LogP contribution in [0.3, 0.4) is 0 Å². The number of ketones is 1. The molecule has 0 amide bonds. The minimum absolute atomic E-state index is 0.286. The van der Waals surface area contributed by atoms with Gasteiger partial charge in [0.15, 0.2) is 5.78 Å². The lowest BCUT2D eigenvalue weighted by molar-refractivity contribution is 0.0921.